The SMILES string of the molecule is COC(=O)c1ccc(C(=O)OC)c2c1N[C@H](C(=O)O)[C@@H]1CC=C[C@H]21. The highest BCUT2D eigenvalue weighted by molar-refractivity contribution is 6.02. The maximum absolute atomic E-state index is 12.1. The lowest BCUT2D eigenvalue weighted by atomic mass is 9.76. The van der Waals surface area contributed by atoms with Gasteiger partial charge in [-0.05, 0) is 24.1 Å². The van der Waals surface area contributed by atoms with Gasteiger partial charge in [0.2, 0.25) is 0 Å². The summed E-state index contributed by atoms with van der Waals surface area (Å²) in [5.41, 5.74) is 1.43. The minimum Gasteiger partial charge on any atom is -0.480 e. The van der Waals surface area contributed by atoms with E-state index >= 15 is 0 Å². The highest BCUT2D eigenvalue weighted by atomic mass is 16.5. The fourth-order valence-corrected chi connectivity index (χ4v) is 3.52. The van der Waals surface area contributed by atoms with Gasteiger partial charge in [-0.15, -0.1) is 0 Å². The molecule has 24 heavy (non-hydrogen) atoms. The number of methoxy groups -OCH3 is 2. The van der Waals surface area contributed by atoms with Crippen LogP contribution < -0.4 is 5.32 Å². The minimum absolute atomic E-state index is 0.199. The third-order valence-electron chi connectivity index (χ3n) is 4.60. The molecule has 2 aliphatic rings. The molecule has 3 atom stereocenters. The van der Waals surface area contributed by atoms with Gasteiger partial charge in [0.05, 0.1) is 31.0 Å². The van der Waals surface area contributed by atoms with Gasteiger partial charge in [0.25, 0.3) is 0 Å². The number of carbonyl (C=O) groups is 3. The van der Waals surface area contributed by atoms with Crippen LogP contribution in [0.2, 0.25) is 0 Å². The molecular formula is C17H17NO6. The van der Waals surface area contributed by atoms with E-state index in [-0.39, 0.29) is 17.4 Å². The van der Waals surface area contributed by atoms with Gasteiger partial charge in [-0.25, -0.2) is 14.4 Å². The summed E-state index contributed by atoms with van der Waals surface area (Å²) in [6, 6.07) is 2.11. The zero-order valence-electron chi connectivity index (χ0n) is 13.2. The second-order valence-corrected chi connectivity index (χ2v) is 5.75. The normalized spacial score (nSPS) is 23.7. The van der Waals surface area contributed by atoms with E-state index < -0.39 is 23.9 Å². The number of benzene rings is 1. The zero-order valence-corrected chi connectivity index (χ0v) is 13.2. The molecule has 1 aliphatic heterocycles. The lowest BCUT2D eigenvalue weighted by Gasteiger charge is -2.36. The summed E-state index contributed by atoms with van der Waals surface area (Å²) < 4.78 is 9.60. The molecule has 0 aromatic heterocycles. The Bertz CT molecular complexity index is 754. The monoisotopic (exact) mass is 331 g/mol. The summed E-state index contributed by atoms with van der Waals surface area (Å²) in [5, 5.41) is 12.4. The van der Waals surface area contributed by atoms with Crippen LogP contribution in [0.15, 0.2) is 24.3 Å². The largest absolute Gasteiger partial charge is 0.480 e. The van der Waals surface area contributed by atoms with E-state index in [1.165, 1.54) is 26.4 Å². The van der Waals surface area contributed by atoms with Crippen LogP contribution in [-0.2, 0) is 14.3 Å². The number of allylic oxidation sites excluding steroid dienone is 2. The molecule has 3 rings (SSSR count). The molecule has 0 saturated carbocycles. The Kier molecular flexibility index (Phi) is 4.01. The number of carboxylic acid groups (broad SMARTS) is 1. The summed E-state index contributed by atoms with van der Waals surface area (Å²) >= 11 is 0. The Morgan fingerprint density at radius 1 is 1.12 bits per heavy atom. The van der Waals surface area contributed by atoms with Crippen LogP contribution in [0.1, 0.15) is 38.6 Å². The average Bonchev–Trinajstić information content (AvgIpc) is 3.08. The molecule has 0 fully saturated rings. The molecule has 0 amide bonds. The molecule has 1 aromatic carbocycles. The molecule has 7 nitrogen and oxygen atoms in total. The van der Waals surface area contributed by atoms with Gasteiger partial charge >= 0.3 is 17.9 Å². The Hall–Kier alpha value is -2.83. The fraction of sp³-hybridized carbons (Fsp3) is 0.353. The summed E-state index contributed by atoms with van der Waals surface area (Å²) in [6.45, 7) is 0. The highest BCUT2D eigenvalue weighted by Gasteiger charge is 2.44. The first-order valence-electron chi connectivity index (χ1n) is 7.49. The van der Waals surface area contributed by atoms with E-state index in [9.17, 15) is 19.5 Å². The van der Waals surface area contributed by atoms with E-state index in [4.69, 9.17) is 9.47 Å². The van der Waals surface area contributed by atoms with Crippen molar-refractivity contribution >= 4 is 23.6 Å². The number of nitrogens with one attached hydrogen (secondary N) is 1. The number of carboxylic acids is 1. The van der Waals surface area contributed by atoms with Crippen LogP contribution in [-0.4, -0.2) is 43.3 Å². The van der Waals surface area contributed by atoms with Crippen molar-refractivity contribution in [1.29, 1.82) is 0 Å². The Balaban J connectivity index is 2.24. The number of carbonyl (C=O) groups excluding carboxylic acids is 2. The molecular weight excluding hydrogens is 314 g/mol. The molecule has 126 valence electrons. The number of hydrogen-bond acceptors (Lipinski definition) is 6. The Morgan fingerprint density at radius 2 is 1.75 bits per heavy atom. The molecule has 1 heterocycles. The van der Waals surface area contributed by atoms with E-state index in [0.29, 0.717) is 23.2 Å². The molecule has 0 unspecified atom stereocenters. The van der Waals surface area contributed by atoms with Crippen molar-refractivity contribution in [3.05, 3.63) is 41.0 Å². The number of aliphatic carboxylic acids is 1. The second-order valence-electron chi connectivity index (χ2n) is 5.75. The fourth-order valence-electron chi connectivity index (χ4n) is 3.52. The van der Waals surface area contributed by atoms with Crippen molar-refractivity contribution < 1.29 is 29.0 Å². The number of esters is 2. The molecule has 0 bridgehead atoms. The smallest absolute Gasteiger partial charge is 0.339 e. The van der Waals surface area contributed by atoms with Gasteiger partial charge in [-0.1, -0.05) is 12.2 Å². The average molecular weight is 331 g/mol. The summed E-state index contributed by atoms with van der Waals surface area (Å²) in [4.78, 5) is 35.8. The van der Waals surface area contributed by atoms with E-state index in [0.717, 1.165) is 0 Å². The minimum atomic E-state index is -1.00. The number of fused-ring (bicyclic) bond motifs is 3. The van der Waals surface area contributed by atoms with Crippen LogP contribution in [0.5, 0.6) is 0 Å². The number of hydrogen-bond donors (Lipinski definition) is 2. The van der Waals surface area contributed by atoms with Crippen molar-refractivity contribution in [2.75, 3.05) is 19.5 Å². The second kappa shape index (κ2) is 5.99. The van der Waals surface area contributed by atoms with Gasteiger partial charge in [-0.3, -0.25) is 0 Å². The third-order valence-corrected chi connectivity index (χ3v) is 4.60. The van der Waals surface area contributed by atoms with E-state index in [2.05, 4.69) is 5.32 Å². The van der Waals surface area contributed by atoms with Crippen molar-refractivity contribution in [2.24, 2.45) is 5.92 Å². The zero-order chi connectivity index (χ0) is 17.4. The Morgan fingerprint density at radius 3 is 2.38 bits per heavy atom. The Labute approximate surface area is 138 Å². The van der Waals surface area contributed by atoms with Crippen molar-refractivity contribution in [3.8, 4) is 0 Å². The van der Waals surface area contributed by atoms with Crippen LogP contribution in [0, 0.1) is 5.92 Å². The lowest BCUT2D eigenvalue weighted by molar-refractivity contribution is -0.139. The van der Waals surface area contributed by atoms with Crippen molar-refractivity contribution in [3.63, 3.8) is 0 Å². The molecule has 0 spiro atoms. The van der Waals surface area contributed by atoms with Crippen LogP contribution in [0.3, 0.4) is 0 Å². The molecule has 1 aliphatic carbocycles. The predicted molar refractivity (Wildman–Crippen MR) is 84.2 cm³/mol. The summed E-state index contributed by atoms with van der Waals surface area (Å²) in [7, 11) is 2.53. The van der Waals surface area contributed by atoms with Gasteiger partial charge in [-0.2, -0.15) is 0 Å². The third kappa shape index (κ3) is 2.33. The first-order valence-corrected chi connectivity index (χ1v) is 7.49. The molecule has 7 heteroatoms. The van der Waals surface area contributed by atoms with Gasteiger partial charge in [0, 0.05) is 11.8 Å². The van der Waals surface area contributed by atoms with E-state index in [1.807, 2.05) is 12.2 Å². The number of rotatable bonds is 3. The number of ether oxygens (including phenoxy) is 2. The molecule has 0 radical (unpaired) electrons. The predicted octanol–water partition coefficient (Wildman–Crippen LogP) is 1.80. The van der Waals surface area contributed by atoms with Gasteiger partial charge < -0.3 is 19.9 Å². The van der Waals surface area contributed by atoms with Gasteiger partial charge in [0.15, 0.2) is 0 Å². The quantitative estimate of drug-likeness (QED) is 0.643. The first kappa shape index (κ1) is 16.0. The molecule has 0 saturated heterocycles. The van der Waals surface area contributed by atoms with Crippen LogP contribution in [0.25, 0.3) is 0 Å². The van der Waals surface area contributed by atoms with Crippen molar-refractivity contribution in [1.82, 2.24) is 0 Å². The first-order chi connectivity index (χ1) is 11.5. The maximum atomic E-state index is 12.1. The standard InChI is InChI=1S/C17H17NO6/c1-23-16(21)10-6-7-11(17(22)24-2)13-12(10)8-4-3-5-9(8)14(18-13)15(19)20/h3-4,6-9,14,18H,5H2,1-2H3,(H,19,20)/t8-,9+,14-/m0/s1. The van der Waals surface area contributed by atoms with Crippen LogP contribution >= 0.6 is 0 Å². The summed E-state index contributed by atoms with van der Waals surface area (Å²) in [6.07, 6.45) is 4.36. The highest BCUT2D eigenvalue weighted by Crippen LogP contribution is 2.47. The molecule has 2 N–H and O–H groups in total. The van der Waals surface area contributed by atoms with Crippen molar-refractivity contribution in [2.45, 2.75) is 18.4 Å². The van der Waals surface area contributed by atoms with Crippen LogP contribution in [0.4, 0.5) is 5.69 Å². The molecule has 1 aromatic rings. The number of anilines is 1. The maximum Gasteiger partial charge on any atom is 0.339 e. The van der Waals surface area contributed by atoms with E-state index in [1.54, 1.807) is 0 Å². The topological polar surface area (TPSA) is 102 Å². The summed E-state index contributed by atoms with van der Waals surface area (Å²) in [5.74, 6) is -2.64. The van der Waals surface area contributed by atoms with Gasteiger partial charge in [0.1, 0.15) is 6.04 Å². The lowest BCUT2D eigenvalue weighted by Crippen LogP contribution is -2.43.